The van der Waals surface area contributed by atoms with Gasteiger partial charge in [0, 0.05) is 12.1 Å². The van der Waals surface area contributed by atoms with Gasteiger partial charge in [0.15, 0.2) is 5.11 Å². The van der Waals surface area contributed by atoms with Crippen LogP contribution in [-0.2, 0) is 0 Å². The lowest BCUT2D eigenvalue weighted by molar-refractivity contribution is 0.375. The molecule has 0 aliphatic carbocycles. The number of nitriles is 1. The number of rotatable bonds is 4. The molecule has 172 valence electrons. The summed E-state index contributed by atoms with van der Waals surface area (Å²) in [6, 6.07) is 27.5. The fourth-order valence-corrected chi connectivity index (χ4v) is 4.40. The quantitative estimate of drug-likeness (QED) is 0.402. The number of aromatic nitrogens is 3. The minimum atomic E-state index is -0.134. The predicted octanol–water partition coefficient (Wildman–Crippen LogP) is 5.30. The second kappa shape index (κ2) is 9.49. The summed E-state index contributed by atoms with van der Waals surface area (Å²) in [6.45, 7) is 4.05. The molecular formula is C27H23N7S. The van der Waals surface area contributed by atoms with Crippen molar-refractivity contribution in [3.63, 3.8) is 0 Å². The van der Waals surface area contributed by atoms with Crippen LogP contribution in [0.3, 0.4) is 0 Å². The number of anilines is 1. The lowest BCUT2D eigenvalue weighted by Crippen LogP contribution is -2.31. The molecule has 1 aliphatic rings. The summed E-state index contributed by atoms with van der Waals surface area (Å²) >= 11 is 5.77. The molecule has 1 unspecified atom stereocenters. The van der Waals surface area contributed by atoms with Gasteiger partial charge in [0.05, 0.1) is 34.8 Å². The number of hydrogen-bond donors (Lipinski definition) is 1. The molecule has 2 heterocycles. The van der Waals surface area contributed by atoms with Crippen molar-refractivity contribution < 1.29 is 0 Å². The Morgan fingerprint density at radius 2 is 1.71 bits per heavy atom. The molecule has 35 heavy (non-hydrogen) atoms. The van der Waals surface area contributed by atoms with Crippen molar-refractivity contribution in [2.24, 2.45) is 5.10 Å². The molecule has 0 amide bonds. The molecule has 7 nitrogen and oxygen atoms in total. The van der Waals surface area contributed by atoms with Gasteiger partial charge in [-0.05, 0) is 68.0 Å². The molecule has 1 atom stereocenters. The van der Waals surface area contributed by atoms with E-state index in [1.165, 1.54) is 5.56 Å². The molecule has 0 saturated carbocycles. The number of nitrogens with zero attached hydrogens (tertiary/aromatic N) is 6. The maximum absolute atomic E-state index is 9.20. The van der Waals surface area contributed by atoms with Crippen molar-refractivity contribution in [1.29, 1.82) is 5.26 Å². The molecule has 1 aliphatic heterocycles. The Kier molecular flexibility index (Phi) is 6.08. The smallest absolute Gasteiger partial charge is 0.194 e. The Morgan fingerprint density at radius 3 is 2.40 bits per heavy atom. The van der Waals surface area contributed by atoms with E-state index in [1.807, 2.05) is 83.3 Å². The van der Waals surface area contributed by atoms with E-state index in [-0.39, 0.29) is 6.04 Å². The molecule has 8 heteroatoms. The van der Waals surface area contributed by atoms with Crippen LogP contribution in [0.1, 0.15) is 40.5 Å². The highest BCUT2D eigenvalue weighted by molar-refractivity contribution is 7.80. The Balaban J connectivity index is 1.49. The molecule has 1 aromatic heterocycles. The van der Waals surface area contributed by atoms with Crippen LogP contribution in [0, 0.1) is 25.2 Å². The summed E-state index contributed by atoms with van der Waals surface area (Å²) in [5, 5.41) is 28.6. The van der Waals surface area contributed by atoms with Crippen LogP contribution in [0.15, 0.2) is 84.0 Å². The first-order valence-electron chi connectivity index (χ1n) is 11.3. The Labute approximate surface area is 209 Å². The normalized spacial score (nSPS) is 14.9. The van der Waals surface area contributed by atoms with Crippen molar-refractivity contribution >= 4 is 28.7 Å². The topological polar surface area (TPSA) is 82.1 Å². The zero-order valence-corrected chi connectivity index (χ0v) is 20.2. The number of hydrogen-bond acceptors (Lipinski definition) is 5. The lowest BCUT2D eigenvalue weighted by Gasteiger charge is -2.25. The summed E-state index contributed by atoms with van der Waals surface area (Å²) in [5.41, 5.74) is 7.13. The van der Waals surface area contributed by atoms with Crippen LogP contribution < -0.4 is 5.32 Å². The van der Waals surface area contributed by atoms with Gasteiger partial charge in [-0.15, -0.1) is 5.10 Å². The second-order valence-electron chi connectivity index (χ2n) is 8.41. The van der Waals surface area contributed by atoms with Gasteiger partial charge >= 0.3 is 0 Å². The second-order valence-corrected chi connectivity index (χ2v) is 8.80. The lowest BCUT2D eigenvalue weighted by atomic mass is 9.99. The number of aryl methyl sites for hydroxylation is 1. The maximum Gasteiger partial charge on any atom is 0.194 e. The maximum atomic E-state index is 9.20. The van der Waals surface area contributed by atoms with Gasteiger partial charge in [-0.2, -0.15) is 10.4 Å². The number of para-hydroxylation sites is 1. The van der Waals surface area contributed by atoms with Gasteiger partial charge in [-0.3, -0.25) is 0 Å². The van der Waals surface area contributed by atoms with E-state index >= 15 is 0 Å². The molecule has 1 N–H and O–H groups in total. The fraction of sp³-hybridized carbons (Fsp3) is 0.148. The summed E-state index contributed by atoms with van der Waals surface area (Å²) in [7, 11) is 0. The summed E-state index contributed by atoms with van der Waals surface area (Å²) in [4.78, 5) is 0. The van der Waals surface area contributed by atoms with Crippen LogP contribution in [0.25, 0.3) is 5.69 Å². The van der Waals surface area contributed by atoms with Crippen LogP contribution in [-0.4, -0.2) is 30.8 Å². The van der Waals surface area contributed by atoms with Crippen molar-refractivity contribution in [2.75, 3.05) is 5.32 Å². The number of benzene rings is 3. The van der Waals surface area contributed by atoms with Gasteiger partial charge < -0.3 is 5.32 Å². The first-order chi connectivity index (χ1) is 17.0. The first-order valence-corrected chi connectivity index (χ1v) is 11.7. The number of thiocarbonyl (C=S) groups is 1. The van der Waals surface area contributed by atoms with E-state index in [2.05, 4.69) is 40.8 Å². The SMILES string of the molecule is Cc1ccc(-n2nnc(C3=NN(C(=S)Nc4ccccc4)C(c4ccc(C#N)cc4)C3)c2C)cc1. The molecule has 0 fully saturated rings. The summed E-state index contributed by atoms with van der Waals surface area (Å²) < 4.78 is 1.83. The van der Waals surface area contributed by atoms with E-state index in [0.29, 0.717) is 17.1 Å². The third kappa shape index (κ3) is 4.54. The van der Waals surface area contributed by atoms with Crippen LogP contribution in [0.2, 0.25) is 0 Å². The first kappa shape index (κ1) is 22.4. The monoisotopic (exact) mass is 477 g/mol. The van der Waals surface area contributed by atoms with Gasteiger partial charge in [-0.25, -0.2) is 9.69 Å². The van der Waals surface area contributed by atoms with E-state index in [0.717, 1.165) is 34.0 Å². The zero-order valence-electron chi connectivity index (χ0n) is 19.4. The van der Waals surface area contributed by atoms with Gasteiger partial charge in [0.2, 0.25) is 0 Å². The molecule has 0 spiro atoms. The van der Waals surface area contributed by atoms with E-state index in [4.69, 9.17) is 17.3 Å². The highest BCUT2D eigenvalue weighted by atomic mass is 32.1. The van der Waals surface area contributed by atoms with Crippen molar-refractivity contribution in [3.05, 3.63) is 107 Å². The van der Waals surface area contributed by atoms with Gasteiger partial charge in [0.1, 0.15) is 5.69 Å². The number of nitrogens with one attached hydrogen (secondary N) is 1. The third-order valence-corrected chi connectivity index (χ3v) is 6.30. The van der Waals surface area contributed by atoms with Crippen LogP contribution in [0.4, 0.5) is 5.69 Å². The molecule has 0 radical (unpaired) electrons. The van der Waals surface area contributed by atoms with Crippen molar-refractivity contribution in [1.82, 2.24) is 20.0 Å². The zero-order chi connectivity index (χ0) is 24.4. The molecule has 4 aromatic rings. The standard InChI is InChI=1S/C27H23N7S/c1-18-8-14-23(15-9-18)33-19(2)26(30-32-33)24-16-25(21-12-10-20(17-28)11-13-21)34(31-24)27(35)29-22-6-4-3-5-7-22/h3-15,25H,16H2,1-2H3,(H,29,35). The minimum Gasteiger partial charge on any atom is -0.331 e. The average molecular weight is 478 g/mol. The summed E-state index contributed by atoms with van der Waals surface area (Å²) in [6.07, 6.45) is 0.607. The van der Waals surface area contributed by atoms with Crippen LogP contribution in [0.5, 0.6) is 0 Å². The molecule has 0 bridgehead atoms. The Hall–Kier alpha value is -4.35. The Morgan fingerprint density at radius 1 is 1.00 bits per heavy atom. The molecule has 0 saturated heterocycles. The molecule has 5 rings (SSSR count). The fourth-order valence-electron chi connectivity index (χ4n) is 4.11. The van der Waals surface area contributed by atoms with Gasteiger partial charge in [-0.1, -0.05) is 53.2 Å². The predicted molar refractivity (Wildman–Crippen MR) is 140 cm³/mol. The van der Waals surface area contributed by atoms with E-state index < -0.39 is 0 Å². The Bertz CT molecular complexity index is 1430. The van der Waals surface area contributed by atoms with Crippen molar-refractivity contribution in [2.45, 2.75) is 26.3 Å². The highest BCUT2D eigenvalue weighted by Gasteiger charge is 2.33. The summed E-state index contributed by atoms with van der Waals surface area (Å²) in [5.74, 6) is 0. The van der Waals surface area contributed by atoms with Crippen molar-refractivity contribution in [3.8, 4) is 11.8 Å². The number of hydrazone groups is 1. The molecule has 3 aromatic carbocycles. The average Bonchev–Trinajstić information content (AvgIpc) is 3.49. The molecular weight excluding hydrogens is 454 g/mol. The van der Waals surface area contributed by atoms with Crippen LogP contribution >= 0.6 is 12.2 Å². The minimum absolute atomic E-state index is 0.134. The van der Waals surface area contributed by atoms with Gasteiger partial charge in [0.25, 0.3) is 0 Å². The van der Waals surface area contributed by atoms with E-state index in [1.54, 1.807) is 0 Å². The third-order valence-electron chi connectivity index (χ3n) is 6.01. The van der Waals surface area contributed by atoms with E-state index in [9.17, 15) is 5.26 Å². The highest BCUT2D eigenvalue weighted by Crippen LogP contribution is 2.34. The largest absolute Gasteiger partial charge is 0.331 e.